The molecule has 0 saturated carbocycles. The van der Waals surface area contributed by atoms with E-state index in [4.69, 9.17) is 21.1 Å². The Morgan fingerprint density at radius 1 is 1.06 bits per heavy atom. The van der Waals surface area contributed by atoms with E-state index < -0.39 is 29.9 Å². The SMILES string of the molecule is CCOc1ccc(C(=O)N[C@H](C(=O)OC(C)C(=O)Nc2ccc(Cl)cn2)C(C)C)cc1. The van der Waals surface area contributed by atoms with Crippen molar-refractivity contribution >= 4 is 35.2 Å². The van der Waals surface area contributed by atoms with Crippen molar-refractivity contribution < 1.29 is 23.9 Å². The second-order valence-electron chi connectivity index (χ2n) is 7.08. The Kier molecular flexibility index (Phi) is 8.81. The van der Waals surface area contributed by atoms with Crippen molar-refractivity contribution in [3.05, 3.63) is 53.2 Å². The number of carbonyl (C=O) groups excluding carboxylic acids is 3. The molecule has 1 aromatic carbocycles. The lowest BCUT2D eigenvalue weighted by Crippen LogP contribution is -2.47. The lowest BCUT2D eigenvalue weighted by atomic mass is 10.0. The number of pyridine rings is 1. The molecule has 2 amide bonds. The predicted molar refractivity (Wildman–Crippen MR) is 117 cm³/mol. The average molecular weight is 448 g/mol. The summed E-state index contributed by atoms with van der Waals surface area (Å²) < 4.78 is 10.6. The number of carbonyl (C=O) groups is 3. The van der Waals surface area contributed by atoms with Gasteiger partial charge in [0.05, 0.1) is 11.6 Å². The highest BCUT2D eigenvalue weighted by atomic mass is 35.5. The zero-order valence-electron chi connectivity index (χ0n) is 17.8. The predicted octanol–water partition coefficient (Wildman–Crippen LogP) is 3.46. The van der Waals surface area contributed by atoms with Crippen molar-refractivity contribution in [2.24, 2.45) is 5.92 Å². The molecule has 0 aliphatic carbocycles. The van der Waals surface area contributed by atoms with Crippen molar-refractivity contribution in [3.8, 4) is 5.75 Å². The number of amides is 2. The number of halogens is 1. The van der Waals surface area contributed by atoms with Crippen LogP contribution in [-0.4, -0.2) is 41.5 Å². The number of nitrogens with one attached hydrogen (secondary N) is 2. The van der Waals surface area contributed by atoms with Crippen molar-refractivity contribution in [2.75, 3.05) is 11.9 Å². The van der Waals surface area contributed by atoms with Gasteiger partial charge in [-0.2, -0.15) is 0 Å². The zero-order chi connectivity index (χ0) is 23.0. The van der Waals surface area contributed by atoms with E-state index in [-0.39, 0.29) is 11.7 Å². The molecule has 0 spiro atoms. The quantitative estimate of drug-likeness (QED) is 0.570. The third-order valence-corrected chi connectivity index (χ3v) is 4.50. The van der Waals surface area contributed by atoms with Crippen LogP contribution >= 0.6 is 11.6 Å². The maximum Gasteiger partial charge on any atom is 0.329 e. The number of hydrogen-bond donors (Lipinski definition) is 2. The van der Waals surface area contributed by atoms with E-state index in [0.29, 0.717) is 22.9 Å². The lowest BCUT2D eigenvalue weighted by molar-refractivity contribution is -0.156. The van der Waals surface area contributed by atoms with Crippen LogP contribution in [0.2, 0.25) is 5.02 Å². The van der Waals surface area contributed by atoms with Gasteiger partial charge in [0.25, 0.3) is 11.8 Å². The Balaban J connectivity index is 1.98. The second-order valence-corrected chi connectivity index (χ2v) is 7.52. The fourth-order valence-corrected chi connectivity index (χ4v) is 2.68. The fourth-order valence-electron chi connectivity index (χ4n) is 2.57. The summed E-state index contributed by atoms with van der Waals surface area (Å²) in [4.78, 5) is 41.5. The van der Waals surface area contributed by atoms with E-state index in [1.807, 2.05) is 6.92 Å². The molecule has 1 unspecified atom stereocenters. The number of ether oxygens (including phenoxy) is 2. The summed E-state index contributed by atoms with van der Waals surface area (Å²) in [7, 11) is 0. The molecular formula is C22H26ClN3O5. The number of aromatic nitrogens is 1. The molecule has 0 aliphatic heterocycles. The summed E-state index contributed by atoms with van der Waals surface area (Å²) in [5, 5.41) is 5.64. The number of benzene rings is 1. The number of nitrogens with zero attached hydrogens (tertiary/aromatic N) is 1. The second kappa shape index (κ2) is 11.3. The Bertz CT molecular complexity index is 900. The first-order valence-corrected chi connectivity index (χ1v) is 10.3. The topological polar surface area (TPSA) is 107 Å². The van der Waals surface area contributed by atoms with Gasteiger partial charge in [0.2, 0.25) is 0 Å². The summed E-state index contributed by atoms with van der Waals surface area (Å²) in [6, 6.07) is 8.75. The Morgan fingerprint density at radius 2 is 1.74 bits per heavy atom. The van der Waals surface area contributed by atoms with Crippen molar-refractivity contribution in [3.63, 3.8) is 0 Å². The molecule has 1 heterocycles. The van der Waals surface area contributed by atoms with E-state index in [2.05, 4.69) is 15.6 Å². The fraction of sp³-hybridized carbons (Fsp3) is 0.364. The number of esters is 1. The normalized spacial score (nSPS) is 12.6. The van der Waals surface area contributed by atoms with E-state index >= 15 is 0 Å². The van der Waals surface area contributed by atoms with Crippen molar-refractivity contribution in [1.82, 2.24) is 10.3 Å². The van der Waals surface area contributed by atoms with E-state index in [9.17, 15) is 14.4 Å². The van der Waals surface area contributed by atoms with Crippen LogP contribution in [0.5, 0.6) is 5.75 Å². The Morgan fingerprint density at radius 3 is 2.29 bits per heavy atom. The molecule has 0 bridgehead atoms. The Labute approximate surface area is 186 Å². The molecule has 31 heavy (non-hydrogen) atoms. The van der Waals surface area contributed by atoms with E-state index in [1.165, 1.54) is 19.2 Å². The third kappa shape index (κ3) is 7.25. The van der Waals surface area contributed by atoms with Crippen LogP contribution in [0.3, 0.4) is 0 Å². The first-order chi connectivity index (χ1) is 14.7. The standard InChI is InChI=1S/C22H26ClN3O5/c1-5-30-17-9-6-15(7-10-17)21(28)26-19(13(2)3)22(29)31-14(4)20(27)25-18-11-8-16(23)12-24-18/h6-14,19H,5H2,1-4H3,(H,26,28)(H,24,25,27)/t14?,19-/m0/s1. The molecule has 2 rings (SSSR count). The van der Waals surface area contributed by atoms with Gasteiger partial charge in [-0.15, -0.1) is 0 Å². The van der Waals surface area contributed by atoms with Gasteiger partial charge in [0.15, 0.2) is 6.10 Å². The van der Waals surface area contributed by atoms with Crippen LogP contribution in [-0.2, 0) is 14.3 Å². The third-order valence-electron chi connectivity index (χ3n) is 4.28. The summed E-state index contributed by atoms with van der Waals surface area (Å²) in [5.41, 5.74) is 0.376. The van der Waals surface area contributed by atoms with Gasteiger partial charge in [0.1, 0.15) is 17.6 Å². The van der Waals surface area contributed by atoms with Crippen molar-refractivity contribution in [1.29, 1.82) is 0 Å². The monoisotopic (exact) mass is 447 g/mol. The lowest BCUT2D eigenvalue weighted by Gasteiger charge is -2.23. The highest BCUT2D eigenvalue weighted by Crippen LogP contribution is 2.14. The number of rotatable bonds is 9. The average Bonchev–Trinajstić information content (AvgIpc) is 2.73. The summed E-state index contributed by atoms with van der Waals surface area (Å²) in [6.45, 7) is 7.37. The van der Waals surface area contributed by atoms with Gasteiger partial charge in [-0.05, 0) is 56.2 Å². The molecule has 2 aromatic rings. The highest BCUT2D eigenvalue weighted by Gasteiger charge is 2.29. The van der Waals surface area contributed by atoms with Gasteiger partial charge in [-0.3, -0.25) is 9.59 Å². The van der Waals surface area contributed by atoms with Crippen molar-refractivity contribution in [2.45, 2.75) is 39.8 Å². The van der Waals surface area contributed by atoms with E-state index in [1.54, 1.807) is 44.2 Å². The zero-order valence-corrected chi connectivity index (χ0v) is 18.6. The number of anilines is 1. The first-order valence-electron chi connectivity index (χ1n) is 9.88. The number of hydrogen-bond acceptors (Lipinski definition) is 6. The highest BCUT2D eigenvalue weighted by molar-refractivity contribution is 6.30. The maximum absolute atomic E-state index is 12.6. The van der Waals surface area contributed by atoms with Gasteiger partial charge < -0.3 is 20.1 Å². The summed E-state index contributed by atoms with van der Waals surface area (Å²) in [6.07, 6.45) is 0.299. The molecule has 0 radical (unpaired) electrons. The van der Waals surface area contributed by atoms with Gasteiger partial charge in [-0.25, -0.2) is 9.78 Å². The summed E-state index contributed by atoms with van der Waals surface area (Å²) >= 11 is 5.77. The molecule has 2 atom stereocenters. The molecule has 0 fully saturated rings. The van der Waals surface area contributed by atoms with Crippen LogP contribution < -0.4 is 15.4 Å². The van der Waals surface area contributed by atoms with Crippen LogP contribution in [0.25, 0.3) is 0 Å². The molecule has 166 valence electrons. The molecule has 9 heteroatoms. The van der Waals surface area contributed by atoms with Gasteiger partial charge >= 0.3 is 5.97 Å². The van der Waals surface area contributed by atoms with E-state index in [0.717, 1.165) is 0 Å². The molecule has 0 saturated heterocycles. The van der Waals surface area contributed by atoms with Crippen LogP contribution in [0.15, 0.2) is 42.6 Å². The van der Waals surface area contributed by atoms with Crippen LogP contribution in [0.4, 0.5) is 5.82 Å². The maximum atomic E-state index is 12.6. The molecule has 8 nitrogen and oxygen atoms in total. The minimum Gasteiger partial charge on any atom is -0.494 e. The molecular weight excluding hydrogens is 422 g/mol. The molecule has 0 aliphatic rings. The van der Waals surface area contributed by atoms with Crippen LogP contribution in [0, 0.1) is 5.92 Å². The minimum atomic E-state index is -1.09. The largest absolute Gasteiger partial charge is 0.494 e. The van der Waals surface area contributed by atoms with Gasteiger partial charge in [0, 0.05) is 11.8 Å². The smallest absolute Gasteiger partial charge is 0.329 e. The summed E-state index contributed by atoms with van der Waals surface area (Å²) in [5.74, 6) is -1.02. The Hall–Kier alpha value is -3.13. The van der Waals surface area contributed by atoms with Gasteiger partial charge in [-0.1, -0.05) is 25.4 Å². The first kappa shape index (κ1) is 24.1. The minimum absolute atomic E-state index is 0.257. The van der Waals surface area contributed by atoms with Crippen LogP contribution in [0.1, 0.15) is 38.1 Å². The molecule has 1 aromatic heterocycles. The molecule has 2 N–H and O–H groups in total.